The number of alkyl carbamates (subject to hydrolysis) is 2. The molecule has 0 bridgehead atoms. The molecule has 3 heterocycles. The van der Waals surface area contributed by atoms with Crippen LogP contribution in [-0.2, 0) is 19.1 Å². The molecule has 6 aromatic rings. The quantitative estimate of drug-likeness (QED) is 0.0833. The number of nitrogens with one attached hydrogen (secondary N) is 4. The number of aromatic nitrogens is 4. The van der Waals surface area contributed by atoms with E-state index in [1.54, 1.807) is 11.1 Å². The van der Waals surface area contributed by atoms with Crippen LogP contribution in [0.3, 0.4) is 0 Å². The summed E-state index contributed by atoms with van der Waals surface area (Å²) in [5.41, 5.74) is 6.99. The highest BCUT2D eigenvalue weighted by Gasteiger charge is 2.38. The fourth-order valence-corrected chi connectivity index (χ4v) is 8.52. The summed E-state index contributed by atoms with van der Waals surface area (Å²) >= 11 is 0. The number of carbonyl (C=O) groups is 4. The summed E-state index contributed by atoms with van der Waals surface area (Å²) < 4.78 is 9.62. The molecule has 2 aromatic heterocycles. The van der Waals surface area contributed by atoms with Gasteiger partial charge < -0.3 is 39.9 Å². The summed E-state index contributed by atoms with van der Waals surface area (Å²) in [4.78, 5) is 72.4. The Morgan fingerprint density at radius 3 is 2.25 bits per heavy atom. The van der Waals surface area contributed by atoms with Crippen LogP contribution in [0.1, 0.15) is 95.7 Å². The number of nitrogens with zero attached hydrogens (tertiary/aromatic N) is 4. The maximum Gasteiger partial charge on any atom is 0.407 e. The van der Waals surface area contributed by atoms with E-state index in [4.69, 9.17) is 19.4 Å². The van der Waals surface area contributed by atoms with Crippen LogP contribution in [0, 0.1) is 23.7 Å². The van der Waals surface area contributed by atoms with Gasteiger partial charge in [-0.05, 0) is 84.9 Å². The molecule has 14 heteroatoms. The number of amides is 4. The van der Waals surface area contributed by atoms with Crippen LogP contribution >= 0.6 is 0 Å². The van der Waals surface area contributed by atoms with E-state index in [1.807, 2.05) is 88.9 Å². The normalized spacial score (nSPS) is 15.0. The molecule has 1 aliphatic heterocycles. The lowest BCUT2D eigenvalue weighted by molar-refractivity contribution is -0.137. The Labute approximate surface area is 379 Å². The third kappa shape index (κ3) is 9.99. The Kier molecular flexibility index (Phi) is 14.2. The Bertz CT molecular complexity index is 2750. The summed E-state index contributed by atoms with van der Waals surface area (Å²) in [7, 11) is 2.57. The number of hydrogen-bond donors (Lipinski definition) is 4. The molecule has 4 atom stereocenters. The number of carbonyl (C=O) groups excluding carboxylic acids is 4. The summed E-state index contributed by atoms with van der Waals surface area (Å²) in [6.07, 6.45) is 2.79. The fraction of sp³-hybridized carbons (Fsp3) is 0.373. The zero-order valence-corrected chi connectivity index (χ0v) is 38.3. The van der Waals surface area contributed by atoms with Crippen molar-refractivity contribution in [2.75, 3.05) is 27.3 Å². The largest absolute Gasteiger partial charge is 0.453 e. The van der Waals surface area contributed by atoms with Gasteiger partial charge in [0, 0.05) is 35.2 Å². The lowest BCUT2D eigenvalue weighted by Gasteiger charge is -2.33. The van der Waals surface area contributed by atoms with Crippen molar-refractivity contribution >= 4 is 45.8 Å². The molecule has 4 amide bonds. The zero-order valence-electron chi connectivity index (χ0n) is 38.3. The first-order valence-corrected chi connectivity index (χ1v) is 22.3. The number of rotatable bonds is 13. The minimum atomic E-state index is -0.760. The van der Waals surface area contributed by atoms with Crippen LogP contribution in [0.5, 0.6) is 0 Å². The molecular weight excluding hydrogens is 821 g/mol. The fourth-order valence-electron chi connectivity index (χ4n) is 8.52. The number of ether oxygens (including phenoxy) is 2. The minimum Gasteiger partial charge on any atom is -0.453 e. The van der Waals surface area contributed by atoms with Crippen LogP contribution in [-0.4, -0.2) is 93.1 Å². The van der Waals surface area contributed by atoms with Crippen molar-refractivity contribution in [2.24, 2.45) is 11.8 Å². The molecule has 65 heavy (non-hydrogen) atoms. The number of fused-ring (bicyclic) bond motifs is 3. The summed E-state index contributed by atoms with van der Waals surface area (Å²) in [6, 6.07) is 24.3. The molecule has 1 aliphatic rings. The predicted molar refractivity (Wildman–Crippen MR) is 251 cm³/mol. The van der Waals surface area contributed by atoms with E-state index in [0.717, 1.165) is 74.6 Å². The zero-order chi connectivity index (χ0) is 46.4. The van der Waals surface area contributed by atoms with E-state index in [9.17, 15) is 19.2 Å². The smallest absolute Gasteiger partial charge is 0.407 e. The monoisotopic (exact) mass is 878 g/mol. The van der Waals surface area contributed by atoms with Crippen molar-refractivity contribution in [3.05, 3.63) is 108 Å². The number of hydrogen-bond acceptors (Lipinski definition) is 8. The molecular formula is C51H58N8O6. The standard InChI is InChI=1S/C51H58N8O6/c1-9-25-58(48(60)43(30(2)3)56-50(62)64-7)32(6)46-52-29-41(54-46)37-20-22-38(34(28-37)18-17-33-14-11-10-12-15-33)35-19-23-39-36(27-35)21-24-40-45(39)55-47(53-40)42-16-13-26-59(42)49(61)44(31(4)5)57-51(63)65-8/h10-12,14-15,19-24,27-32,42-44H,9,13,16,25-26H2,1-8H3,(H,52,54)(H,53,55)(H,56,62)(H,57,63)/t32-,42-,43-,44-/m0/s1. The number of H-pyrrole nitrogens is 2. The van der Waals surface area contributed by atoms with Crippen molar-refractivity contribution in [1.82, 2.24) is 40.4 Å². The highest BCUT2D eigenvalue weighted by Crippen LogP contribution is 2.36. The molecule has 14 nitrogen and oxygen atoms in total. The average molecular weight is 879 g/mol. The second-order valence-electron chi connectivity index (χ2n) is 17.2. The second-order valence-corrected chi connectivity index (χ2v) is 17.2. The van der Waals surface area contributed by atoms with Crippen LogP contribution < -0.4 is 10.6 Å². The SMILES string of the molecule is CCCN(C(=O)[C@@H](NC(=O)OC)C(C)C)[C@@H](C)c1ncc(-c2ccc(-c3ccc4c(ccc5[nH]c([C@@H]6CCCN6C(=O)[C@@H](NC(=O)OC)C(C)C)nc54)c3)c(C#Cc3ccccc3)c2)[nH]1. The van der Waals surface area contributed by atoms with Gasteiger partial charge in [-0.3, -0.25) is 9.59 Å². The molecule has 0 spiro atoms. The Morgan fingerprint density at radius 1 is 0.846 bits per heavy atom. The minimum absolute atomic E-state index is 0.131. The Morgan fingerprint density at radius 2 is 1.55 bits per heavy atom. The Hall–Kier alpha value is -7.14. The van der Waals surface area contributed by atoms with E-state index in [0.29, 0.717) is 24.7 Å². The van der Waals surface area contributed by atoms with E-state index < -0.39 is 30.3 Å². The van der Waals surface area contributed by atoms with Gasteiger partial charge in [0.25, 0.3) is 0 Å². The van der Waals surface area contributed by atoms with Crippen LogP contribution in [0.15, 0.2) is 85.1 Å². The average Bonchev–Trinajstić information content (AvgIpc) is 4.11. The molecule has 338 valence electrons. The molecule has 0 radical (unpaired) electrons. The lowest BCUT2D eigenvalue weighted by atomic mass is 9.94. The maximum atomic E-state index is 13.9. The third-order valence-electron chi connectivity index (χ3n) is 12.1. The van der Waals surface area contributed by atoms with Gasteiger partial charge in [0.2, 0.25) is 11.8 Å². The number of aromatic amines is 2. The van der Waals surface area contributed by atoms with E-state index >= 15 is 0 Å². The van der Waals surface area contributed by atoms with Crippen LogP contribution in [0.4, 0.5) is 9.59 Å². The van der Waals surface area contributed by atoms with E-state index in [1.165, 1.54) is 14.2 Å². The van der Waals surface area contributed by atoms with Gasteiger partial charge in [-0.15, -0.1) is 0 Å². The van der Waals surface area contributed by atoms with Gasteiger partial charge in [-0.1, -0.05) is 95.0 Å². The number of methoxy groups -OCH3 is 2. The Balaban J connectivity index is 1.20. The molecule has 1 fully saturated rings. The second kappa shape index (κ2) is 20.1. The van der Waals surface area contributed by atoms with Gasteiger partial charge in [0.1, 0.15) is 23.7 Å². The van der Waals surface area contributed by atoms with E-state index in [-0.39, 0.29) is 29.7 Å². The summed E-state index contributed by atoms with van der Waals surface area (Å²) in [6.45, 7) is 12.6. The number of likely N-dealkylation sites (tertiary alicyclic amines) is 1. The topological polar surface area (TPSA) is 175 Å². The van der Waals surface area contributed by atoms with Gasteiger partial charge >= 0.3 is 12.2 Å². The molecule has 0 saturated carbocycles. The molecule has 1 saturated heterocycles. The molecule has 0 unspecified atom stereocenters. The predicted octanol–water partition coefficient (Wildman–Crippen LogP) is 8.90. The molecule has 4 N–H and O–H groups in total. The van der Waals surface area contributed by atoms with E-state index in [2.05, 4.69) is 68.8 Å². The van der Waals surface area contributed by atoms with Crippen molar-refractivity contribution in [2.45, 2.75) is 85.0 Å². The number of benzene rings is 4. The third-order valence-corrected chi connectivity index (χ3v) is 12.1. The van der Waals surface area contributed by atoms with Gasteiger partial charge in [0.05, 0.1) is 49.2 Å². The van der Waals surface area contributed by atoms with Crippen LogP contribution in [0.2, 0.25) is 0 Å². The molecule has 4 aromatic carbocycles. The van der Waals surface area contributed by atoms with Gasteiger partial charge in [0.15, 0.2) is 0 Å². The lowest BCUT2D eigenvalue weighted by Crippen LogP contribution is -2.52. The van der Waals surface area contributed by atoms with Crippen molar-refractivity contribution in [3.8, 4) is 34.2 Å². The van der Waals surface area contributed by atoms with Crippen molar-refractivity contribution < 1.29 is 28.7 Å². The molecule has 7 rings (SSSR count). The van der Waals surface area contributed by atoms with Crippen molar-refractivity contribution in [1.29, 1.82) is 0 Å². The summed E-state index contributed by atoms with van der Waals surface area (Å²) in [5, 5.41) is 7.41. The van der Waals surface area contributed by atoms with Crippen molar-refractivity contribution in [3.63, 3.8) is 0 Å². The number of imidazole rings is 2. The highest BCUT2D eigenvalue weighted by atomic mass is 16.5. The summed E-state index contributed by atoms with van der Waals surface area (Å²) in [5.74, 6) is 7.49. The van der Waals surface area contributed by atoms with Gasteiger partial charge in [-0.2, -0.15) is 0 Å². The van der Waals surface area contributed by atoms with Crippen LogP contribution in [0.25, 0.3) is 44.2 Å². The van der Waals surface area contributed by atoms with Gasteiger partial charge in [-0.25, -0.2) is 19.6 Å². The maximum absolute atomic E-state index is 13.9. The molecule has 0 aliphatic carbocycles. The first-order chi connectivity index (χ1) is 31.3. The first-order valence-electron chi connectivity index (χ1n) is 22.3. The first kappa shape index (κ1) is 45.9. The highest BCUT2D eigenvalue weighted by molar-refractivity contribution is 6.05.